The molecule has 0 spiro atoms. The number of hydrogen-bond acceptors (Lipinski definition) is 4. The Morgan fingerprint density at radius 3 is 2.61 bits per heavy atom. The second-order valence-corrected chi connectivity index (χ2v) is 7.72. The van der Waals surface area contributed by atoms with Crippen LogP contribution in [0.25, 0.3) is 0 Å². The van der Waals surface area contributed by atoms with E-state index in [4.69, 9.17) is 0 Å². The Morgan fingerprint density at radius 1 is 1.35 bits per heavy atom. The first-order chi connectivity index (χ1) is 11.0. The molecule has 0 saturated carbocycles. The fraction of sp³-hybridized carbons (Fsp3) is 0.611. The number of carbonyl (C=O) groups is 1. The van der Waals surface area contributed by atoms with Gasteiger partial charge < -0.3 is 10.0 Å². The minimum Gasteiger partial charge on any atom is -0.396 e. The van der Waals surface area contributed by atoms with Crippen LogP contribution in [0.1, 0.15) is 31.7 Å². The zero-order valence-corrected chi connectivity index (χ0v) is 15.2. The highest BCUT2D eigenvalue weighted by atomic mass is 32.2. The summed E-state index contributed by atoms with van der Waals surface area (Å²) in [6.45, 7) is 5.45. The van der Waals surface area contributed by atoms with E-state index in [2.05, 4.69) is 24.0 Å². The molecule has 1 fully saturated rings. The van der Waals surface area contributed by atoms with Crippen LogP contribution in [0.3, 0.4) is 0 Å². The summed E-state index contributed by atoms with van der Waals surface area (Å²) in [7, 11) is 3.54. The number of aliphatic hydroxyl groups excluding tert-OH is 1. The molecule has 0 radical (unpaired) electrons. The molecule has 1 amide bonds. The molecule has 0 bridgehead atoms. The van der Waals surface area contributed by atoms with Crippen molar-refractivity contribution in [1.29, 1.82) is 0 Å². The fourth-order valence-electron chi connectivity index (χ4n) is 2.97. The van der Waals surface area contributed by atoms with Crippen LogP contribution in [-0.2, 0) is 6.54 Å². The van der Waals surface area contributed by atoms with Crippen LogP contribution in [-0.4, -0.2) is 53.9 Å². The molecule has 1 aromatic carbocycles. The molecule has 0 aromatic heterocycles. The monoisotopic (exact) mass is 336 g/mol. The number of benzene rings is 1. The summed E-state index contributed by atoms with van der Waals surface area (Å²) in [4.78, 5) is 16.8. The molecule has 0 aliphatic carbocycles. The number of carbonyl (C=O) groups excluding carboxylic acids is 1. The summed E-state index contributed by atoms with van der Waals surface area (Å²) in [6, 6.07) is 8.24. The number of aliphatic hydroxyl groups is 1. The second kappa shape index (κ2) is 8.18. The Bertz CT molecular complexity index is 520. The maximum absolute atomic E-state index is 11.8. The summed E-state index contributed by atoms with van der Waals surface area (Å²) in [6.07, 6.45) is 3.18. The van der Waals surface area contributed by atoms with E-state index in [1.807, 2.05) is 12.1 Å². The van der Waals surface area contributed by atoms with Crippen LogP contribution in [0, 0.1) is 5.41 Å². The molecule has 1 aliphatic heterocycles. The van der Waals surface area contributed by atoms with Crippen molar-refractivity contribution >= 4 is 17.0 Å². The van der Waals surface area contributed by atoms with Gasteiger partial charge in [0.2, 0.25) is 0 Å². The Hall–Kier alpha value is -1.04. The molecule has 1 saturated heterocycles. The average molecular weight is 337 g/mol. The first kappa shape index (κ1) is 18.3. The van der Waals surface area contributed by atoms with Crippen LogP contribution in [0.2, 0.25) is 0 Å². The lowest BCUT2D eigenvalue weighted by molar-refractivity contribution is 0.0382. The van der Waals surface area contributed by atoms with Crippen LogP contribution in [0.15, 0.2) is 29.2 Å². The number of thioether (sulfide) groups is 1. The van der Waals surface area contributed by atoms with Crippen molar-refractivity contribution in [2.75, 3.05) is 33.8 Å². The molecule has 128 valence electrons. The van der Waals surface area contributed by atoms with Crippen molar-refractivity contribution < 1.29 is 9.90 Å². The summed E-state index contributed by atoms with van der Waals surface area (Å²) in [5, 5.41) is 9.68. The molecule has 5 heteroatoms. The number of nitrogens with zero attached hydrogens (tertiary/aromatic N) is 2. The van der Waals surface area contributed by atoms with E-state index < -0.39 is 0 Å². The van der Waals surface area contributed by atoms with Gasteiger partial charge in [-0.3, -0.25) is 9.69 Å². The summed E-state index contributed by atoms with van der Waals surface area (Å²) in [5.74, 6) is 0. The van der Waals surface area contributed by atoms with Crippen LogP contribution in [0.5, 0.6) is 0 Å². The molecular formula is C18H28N2O2S. The maximum atomic E-state index is 11.8. The highest BCUT2D eigenvalue weighted by molar-refractivity contribution is 8.13. The van der Waals surface area contributed by atoms with Gasteiger partial charge in [0.15, 0.2) is 0 Å². The summed E-state index contributed by atoms with van der Waals surface area (Å²) in [5.41, 5.74) is 1.38. The predicted molar refractivity (Wildman–Crippen MR) is 95.7 cm³/mol. The van der Waals surface area contributed by atoms with E-state index in [9.17, 15) is 9.90 Å². The van der Waals surface area contributed by atoms with Gasteiger partial charge in [0.05, 0.1) is 0 Å². The third kappa shape index (κ3) is 4.96. The zero-order chi connectivity index (χ0) is 16.9. The molecular weight excluding hydrogens is 308 g/mol. The highest BCUT2D eigenvalue weighted by Gasteiger charge is 2.32. The van der Waals surface area contributed by atoms with Crippen molar-refractivity contribution in [3.05, 3.63) is 29.8 Å². The Balaban J connectivity index is 1.93. The quantitative estimate of drug-likeness (QED) is 0.837. The van der Waals surface area contributed by atoms with Gasteiger partial charge in [0, 0.05) is 32.1 Å². The third-order valence-corrected chi connectivity index (χ3v) is 5.91. The molecule has 23 heavy (non-hydrogen) atoms. The lowest BCUT2D eigenvalue weighted by Gasteiger charge is -2.40. The second-order valence-electron chi connectivity index (χ2n) is 6.70. The van der Waals surface area contributed by atoms with E-state index >= 15 is 0 Å². The van der Waals surface area contributed by atoms with Crippen LogP contribution in [0.4, 0.5) is 4.79 Å². The molecule has 1 N–H and O–H groups in total. The van der Waals surface area contributed by atoms with Crippen molar-refractivity contribution in [2.45, 2.75) is 37.6 Å². The Morgan fingerprint density at radius 2 is 2.04 bits per heavy atom. The van der Waals surface area contributed by atoms with Gasteiger partial charge >= 0.3 is 0 Å². The molecule has 4 nitrogen and oxygen atoms in total. The number of rotatable bonds is 5. The maximum Gasteiger partial charge on any atom is 0.285 e. The summed E-state index contributed by atoms with van der Waals surface area (Å²) >= 11 is 1.27. The average Bonchev–Trinajstić information content (AvgIpc) is 2.56. The van der Waals surface area contributed by atoms with Gasteiger partial charge in [0.25, 0.3) is 5.24 Å². The first-order valence-corrected chi connectivity index (χ1v) is 9.11. The van der Waals surface area contributed by atoms with Gasteiger partial charge in [-0.15, -0.1) is 0 Å². The minimum atomic E-state index is 0.0517. The van der Waals surface area contributed by atoms with E-state index in [0.29, 0.717) is 6.61 Å². The van der Waals surface area contributed by atoms with Gasteiger partial charge in [-0.05, 0) is 67.2 Å². The Labute approximate surface area is 143 Å². The summed E-state index contributed by atoms with van der Waals surface area (Å²) < 4.78 is 0. The van der Waals surface area contributed by atoms with Gasteiger partial charge in [-0.1, -0.05) is 19.1 Å². The molecule has 1 aromatic rings. The number of piperidine rings is 1. The zero-order valence-electron chi connectivity index (χ0n) is 14.4. The highest BCUT2D eigenvalue weighted by Crippen LogP contribution is 2.34. The number of amides is 1. The van der Waals surface area contributed by atoms with Crippen LogP contribution < -0.4 is 0 Å². The van der Waals surface area contributed by atoms with E-state index in [-0.39, 0.29) is 10.7 Å². The smallest absolute Gasteiger partial charge is 0.285 e. The van der Waals surface area contributed by atoms with Gasteiger partial charge in [-0.2, -0.15) is 0 Å². The molecule has 0 unspecified atom stereocenters. The first-order valence-electron chi connectivity index (χ1n) is 8.29. The molecule has 1 heterocycles. The number of likely N-dealkylation sites (tertiary alicyclic amines) is 1. The standard InChI is InChI=1S/C18H28N2O2S/c1-4-18(14-21)8-10-20(11-9-18)13-15-6-5-7-16(12-15)23-17(22)19(2)3/h5-7,12,21H,4,8-11,13-14H2,1-3H3. The van der Waals surface area contributed by atoms with E-state index in [1.165, 1.54) is 17.3 Å². The number of hydrogen-bond donors (Lipinski definition) is 1. The largest absolute Gasteiger partial charge is 0.396 e. The molecule has 0 atom stereocenters. The van der Waals surface area contributed by atoms with Crippen LogP contribution >= 0.6 is 11.8 Å². The molecule has 2 rings (SSSR count). The fourth-order valence-corrected chi connectivity index (χ4v) is 3.71. The normalized spacial score (nSPS) is 17.9. The third-order valence-electron chi connectivity index (χ3n) is 4.88. The SMILES string of the molecule is CCC1(CO)CCN(Cc2cccc(SC(=O)N(C)C)c2)CC1. The minimum absolute atomic E-state index is 0.0517. The van der Waals surface area contributed by atoms with Crippen molar-refractivity contribution in [1.82, 2.24) is 9.80 Å². The lowest BCUT2D eigenvalue weighted by atomic mass is 9.77. The van der Waals surface area contributed by atoms with E-state index in [1.54, 1.807) is 19.0 Å². The predicted octanol–water partition coefficient (Wildman–Crippen LogP) is 3.44. The van der Waals surface area contributed by atoms with Crippen molar-refractivity contribution in [3.63, 3.8) is 0 Å². The van der Waals surface area contributed by atoms with E-state index in [0.717, 1.165) is 43.8 Å². The lowest BCUT2D eigenvalue weighted by Crippen LogP contribution is -2.41. The van der Waals surface area contributed by atoms with Crippen molar-refractivity contribution in [3.8, 4) is 0 Å². The topological polar surface area (TPSA) is 43.8 Å². The molecule has 1 aliphatic rings. The van der Waals surface area contributed by atoms with Gasteiger partial charge in [0.1, 0.15) is 0 Å². The van der Waals surface area contributed by atoms with Crippen molar-refractivity contribution in [2.24, 2.45) is 5.41 Å². The Kier molecular flexibility index (Phi) is 6.50. The van der Waals surface area contributed by atoms with Gasteiger partial charge in [-0.25, -0.2) is 0 Å².